The third-order valence-electron chi connectivity index (χ3n) is 7.19. The monoisotopic (exact) mass is 524 g/mol. The average molecular weight is 525 g/mol. The van der Waals surface area contributed by atoms with Gasteiger partial charge < -0.3 is 29.5 Å². The van der Waals surface area contributed by atoms with Gasteiger partial charge in [-0.1, -0.05) is 55.7 Å². The fraction of sp³-hybridized carbons (Fsp3) is 0.533. The van der Waals surface area contributed by atoms with Gasteiger partial charge in [-0.05, 0) is 56.1 Å². The third-order valence-corrected chi connectivity index (χ3v) is 7.19. The van der Waals surface area contributed by atoms with Gasteiger partial charge in [0.05, 0.1) is 18.8 Å². The van der Waals surface area contributed by atoms with Crippen LogP contribution in [0.15, 0.2) is 48.5 Å². The molecule has 4 unspecified atom stereocenters. The van der Waals surface area contributed by atoms with Gasteiger partial charge in [-0.25, -0.2) is 0 Å². The summed E-state index contributed by atoms with van der Waals surface area (Å²) in [6, 6.07) is 15.3. The van der Waals surface area contributed by atoms with E-state index in [4.69, 9.17) is 14.2 Å². The van der Waals surface area contributed by atoms with Gasteiger partial charge in [0.15, 0.2) is 12.4 Å². The Balaban J connectivity index is 1.47. The SMILES string of the molecule is CC(=O)OC(C)C(=O)Nc1ccc(C2OC(CN3CCCCCCC3)CC(c3ccc(CO)cc3)O2)cc1. The van der Waals surface area contributed by atoms with E-state index in [9.17, 15) is 14.7 Å². The smallest absolute Gasteiger partial charge is 0.303 e. The van der Waals surface area contributed by atoms with E-state index in [0.29, 0.717) is 5.69 Å². The van der Waals surface area contributed by atoms with Crippen molar-refractivity contribution in [2.75, 3.05) is 25.0 Å². The summed E-state index contributed by atoms with van der Waals surface area (Å²) < 4.78 is 17.9. The zero-order valence-corrected chi connectivity index (χ0v) is 22.4. The zero-order chi connectivity index (χ0) is 26.9. The summed E-state index contributed by atoms with van der Waals surface area (Å²) in [6.45, 7) is 5.89. The summed E-state index contributed by atoms with van der Waals surface area (Å²) >= 11 is 0. The molecule has 2 fully saturated rings. The summed E-state index contributed by atoms with van der Waals surface area (Å²) in [5, 5.41) is 12.2. The van der Waals surface area contributed by atoms with E-state index in [1.54, 1.807) is 12.1 Å². The van der Waals surface area contributed by atoms with Crippen molar-refractivity contribution in [3.63, 3.8) is 0 Å². The number of carbonyl (C=O) groups excluding carboxylic acids is 2. The number of likely N-dealkylation sites (tertiary alicyclic amines) is 1. The number of aliphatic hydroxyl groups excluding tert-OH is 1. The van der Waals surface area contributed by atoms with Gasteiger partial charge in [0.1, 0.15) is 0 Å². The molecule has 0 saturated carbocycles. The first-order chi connectivity index (χ1) is 18.4. The van der Waals surface area contributed by atoms with E-state index in [2.05, 4.69) is 10.2 Å². The Morgan fingerprint density at radius 1 is 0.974 bits per heavy atom. The molecule has 2 N–H and O–H groups in total. The Labute approximate surface area is 225 Å². The van der Waals surface area contributed by atoms with Crippen LogP contribution in [0, 0.1) is 0 Å². The lowest BCUT2D eigenvalue weighted by atomic mass is 9.99. The molecule has 2 saturated heterocycles. The van der Waals surface area contributed by atoms with Gasteiger partial charge in [-0.2, -0.15) is 0 Å². The second kappa shape index (κ2) is 13.8. The van der Waals surface area contributed by atoms with E-state index in [1.165, 1.54) is 46.0 Å². The molecule has 2 aliphatic rings. The fourth-order valence-electron chi connectivity index (χ4n) is 5.09. The molecule has 1 amide bonds. The second-order valence-corrected chi connectivity index (χ2v) is 10.3. The van der Waals surface area contributed by atoms with Gasteiger partial charge in [0.2, 0.25) is 0 Å². The molecule has 0 aliphatic carbocycles. The standard InChI is InChI=1S/C30H40N2O6/c1-21(36-22(2)34)29(35)31-26-14-12-25(13-15-26)30-37-27(19-32-16-6-4-3-5-7-17-32)18-28(38-30)24-10-8-23(20-33)9-11-24/h8-15,21,27-28,30,33H,3-7,16-20H2,1-2H3,(H,31,35). The van der Waals surface area contributed by atoms with Crippen LogP contribution in [-0.2, 0) is 30.4 Å². The first-order valence-electron chi connectivity index (χ1n) is 13.7. The van der Waals surface area contributed by atoms with Crippen molar-refractivity contribution in [3.8, 4) is 0 Å². The van der Waals surface area contributed by atoms with Crippen LogP contribution in [0.25, 0.3) is 0 Å². The van der Waals surface area contributed by atoms with Gasteiger partial charge >= 0.3 is 5.97 Å². The number of nitrogens with zero attached hydrogens (tertiary/aromatic N) is 1. The molecule has 8 nitrogen and oxygen atoms in total. The minimum Gasteiger partial charge on any atom is -0.453 e. The van der Waals surface area contributed by atoms with Crippen LogP contribution in [0.1, 0.15) is 81.5 Å². The van der Waals surface area contributed by atoms with E-state index in [1.807, 2.05) is 36.4 Å². The van der Waals surface area contributed by atoms with E-state index in [-0.39, 0.29) is 18.8 Å². The molecule has 8 heteroatoms. The molecule has 2 aromatic rings. The first kappa shape index (κ1) is 28.2. The maximum atomic E-state index is 12.3. The lowest BCUT2D eigenvalue weighted by Crippen LogP contribution is -2.40. The minimum atomic E-state index is -0.876. The number of carbonyl (C=O) groups is 2. The number of rotatable bonds is 8. The van der Waals surface area contributed by atoms with Crippen LogP contribution in [0.5, 0.6) is 0 Å². The first-order valence-corrected chi connectivity index (χ1v) is 13.7. The largest absolute Gasteiger partial charge is 0.453 e. The molecule has 2 aromatic carbocycles. The highest BCUT2D eigenvalue weighted by molar-refractivity contribution is 5.94. The molecule has 2 heterocycles. The quantitative estimate of drug-likeness (QED) is 0.475. The molecule has 2 aliphatic heterocycles. The van der Waals surface area contributed by atoms with E-state index >= 15 is 0 Å². The topological polar surface area (TPSA) is 97.3 Å². The van der Waals surface area contributed by atoms with Crippen molar-refractivity contribution < 1.29 is 28.9 Å². The van der Waals surface area contributed by atoms with Crippen LogP contribution in [0.2, 0.25) is 0 Å². The molecule has 4 atom stereocenters. The van der Waals surface area contributed by atoms with Crippen molar-refractivity contribution in [1.29, 1.82) is 0 Å². The summed E-state index contributed by atoms with van der Waals surface area (Å²) in [5.74, 6) is -0.891. The maximum absolute atomic E-state index is 12.3. The van der Waals surface area contributed by atoms with Gasteiger partial charge in [0.25, 0.3) is 5.91 Å². The summed E-state index contributed by atoms with van der Waals surface area (Å²) in [4.78, 5) is 26.0. The van der Waals surface area contributed by atoms with E-state index in [0.717, 1.165) is 42.7 Å². The van der Waals surface area contributed by atoms with Crippen LogP contribution in [0.4, 0.5) is 5.69 Å². The molecule has 0 spiro atoms. The zero-order valence-electron chi connectivity index (χ0n) is 22.4. The van der Waals surface area contributed by atoms with Crippen LogP contribution in [-0.4, -0.2) is 53.7 Å². The number of anilines is 1. The van der Waals surface area contributed by atoms with Crippen LogP contribution in [0.3, 0.4) is 0 Å². The Morgan fingerprint density at radius 2 is 1.61 bits per heavy atom. The molecule has 0 bridgehead atoms. The highest BCUT2D eigenvalue weighted by atomic mass is 16.7. The minimum absolute atomic E-state index is 0.0116. The van der Waals surface area contributed by atoms with Gasteiger partial charge in [-0.15, -0.1) is 0 Å². The molecule has 206 valence electrons. The number of hydrogen-bond donors (Lipinski definition) is 2. The van der Waals surface area contributed by atoms with Gasteiger partial charge in [-0.3, -0.25) is 9.59 Å². The lowest BCUT2D eigenvalue weighted by molar-refractivity contribution is -0.253. The Morgan fingerprint density at radius 3 is 2.24 bits per heavy atom. The van der Waals surface area contributed by atoms with Crippen LogP contribution < -0.4 is 5.32 Å². The number of esters is 1. The highest BCUT2D eigenvalue weighted by Crippen LogP contribution is 2.38. The van der Waals surface area contributed by atoms with Crippen molar-refractivity contribution >= 4 is 17.6 Å². The molecule has 38 heavy (non-hydrogen) atoms. The predicted octanol–water partition coefficient (Wildman–Crippen LogP) is 4.88. The molecule has 4 rings (SSSR count). The Bertz CT molecular complexity index is 1030. The number of amides is 1. The maximum Gasteiger partial charge on any atom is 0.303 e. The summed E-state index contributed by atoms with van der Waals surface area (Å²) in [7, 11) is 0. The van der Waals surface area contributed by atoms with Crippen molar-refractivity contribution in [3.05, 3.63) is 65.2 Å². The fourth-order valence-corrected chi connectivity index (χ4v) is 5.09. The number of ether oxygens (including phenoxy) is 3. The predicted molar refractivity (Wildman–Crippen MR) is 144 cm³/mol. The van der Waals surface area contributed by atoms with Crippen LogP contribution >= 0.6 is 0 Å². The number of aliphatic hydroxyl groups is 1. The number of benzene rings is 2. The molecular weight excluding hydrogens is 484 g/mol. The molecule has 0 radical (unpaired) electrons. The average Bonchev–Trinajstić information content (AvgIpc) is 2.90. The third kappa shape index (κ3) is 8.11. The Hall–Kier alpha value is -2.78. The number of nitrogens with one attached hydrogen (secondary N) is 1. The molecular formula is C30H40N2O6. The molecule has 0 aromatic heterocycles. The van der Waals surface area contributed by atoms with Crippen molar-refractivity contribution in [1.82, 2.24) is 4.90 Å². The van der Waals surface area contributed by atoms with Crippen molar-refractivity contribution in [2.24, 2.45) is 0 Å². The number of hydrogen-bond acceptors (Lipinski definition) is 7. The second-order valence-electron chi connectivity index (χ2n) is 10.3. The normalized spacial score (nSPS) is 23.6. The summed E-state index contributed by atoms with van der Waals surface area (Å²) in [5.41, 5.74) is 3.40. The summed E-state index contributed by atoms with van der Waals surface area (Å²) in [6.07, 6.45) is 5.57. The Kier molecular flexibility index (Phi) is 10.3. The van der Waals surface area contributed by atoms with E-state index < -0.39 is 24.3 Å². The van der Waals surface area contributed by atoms with Gasteiger partial charge in [0, 0.05) is 31.1 Å². The lowest BCUT2D eigenvalue weighted by Gasteiger charge is -2.38. The highest BCUT2D eigenvalue weighted by Gasteiger charge is 2.33. The van der Waals surface area contributed by atoms with Crippen molar-refractivity contribution in [2.45, 2.75) is 83.6 Å².